The van der Waals surface area contributed by atoms with Crippen LogP contribution in [0.4, 0.5) is 13.2 Å². The molecule has 124 valence electrons. The van der Waals surface area contributed by atoms with Gasteiger partial charge in [-0.05, 0) is 50.2 Å². The van der Waals surface area contributed by atoms with E-state index in [1.165, 1.54) is 16.7 Å². The number of fused-ring (bicyclic) bond motifs is 1. The lowest BCUT2D eigenvalue weighted by Gasteiger charge is -2.36. The van der Waals surface area contributed by atoms with Crippen molar-refractivity contribution in [2.24, 2.45) is 5.92 Å². The average Bonchev–Trinajstić information content (AvgIpc) is 2.93. The third-order valence-corrected chi connectivity index (χ3v) is 5.34. The van der Waals surface area contributed by atoms with Gasteiger partial charge in [-0.3, -0.25) is 5.32 Å². The molecule has 1 saturated carbocycles. The molecule has 0 amide bonds. The molecule has 2 fully saturated rings. The molecule has 0 radical (unpaired) electrons. The molecule has 3 rings (SSSR count). The molecule has 3 atom stereocenters. The first-order valence-electron chi connectivity index (χ1n) is 7.88. The predicted molar refractivity (Wildman–Crippen MR) is 79.5 cm³/mol. The zero-order valence-electron chi connectivity index (χ0n) is 12.6. The number of ether oxygens (including phenoxy) is 1. The van der Waals surface area contributed by atoms with E-state index in [2.05, 4.69) is 12.2 Å². The molecule has 1 aliphatic heterocycles. The fraction of sp³-hybridized carbons (Fsp3) is 0.750. The van der Waals surface area contributed by atoms with Crippen molar-refractivity contribution in [2.45, 2.75) is 63.2 Å². The summed E-state index contributed by atoms with van der Waals surface area (Å²) >= 11 is 6.15. The number of nitrogens with one attached hydrogen (secondary N) is 1. The van der Waals surface area contributed by atoms with Crippen LogP contribution in [0, 0.1) is 5.92 Å². The minimum atomic E-state index is -4.20. The molecule has 1 heterocycles. The number of hydrogen-bond acceptors (Lipinski definition) is 2. The fourth-order valence-electron chi connectivity index (χ4n) is 3.64. The number of halogens is 4. The molecule has 0 bridgehead atoms. The van der Waals surface area contributed by atoms with Gasteiger partial charge < -0.3 is 4.74 Å². The summed E-state index contributed by atoms with van der Waals surface area (Å²) in [5, 5.41) is 2.18. The van der Waals surface area contributed by atoms with Crippen molar-refractivity contribution in [3.8, 4) is 0 Å². The van der Waals surface area contributed by atoms with Gasteiger partial charge in [0.15, 0.2) is 6.23 Å². The summed E-state index contributed by atoms with van der Waals surface area (Å²) in [5.74, 6) is -0.449. The van der Waals surface area contributed by atoms with Crippen LogP contribution in [0.3, 0.4) is 0 Å². The lowest BCUT2D eigenvalue weighted by molar-refractivity contribution is -0.183. The van der Waals surface area contributed by atoms with Gasteiger partial charge in [0.05, 0.1) is 11.3 Å². The van der Waals surface area contributed by atoms with Crippen LogP contribution in [0.15, 0.2) is 22.5 Å². The van der Waals surface area contributed by atoms with E-state index in [-0.39, 0.29) is 13.0 Å². The maximum atomic E-state index is 12.8. The van der Waals surface area contributed by atoms with Crippen molar-refractivity contribution < 1.29 is 17.9 Å². The van der Waals surface area contributed by atoms with Crippen LogP contribution in [0.25, 0.3) is 0 Å². The third-order valence-electron chi connectivity index (χ3n) is 4.93. The molecule has 3 unspecified atom stereocenters. The first-order valence-corrected chi connectivity index (χ1v) is 8.31. The summed E-state index contributed by atoms with van der Waals surface area (Å²) in [4.78, 5) is 0. The monoisotopic (exact) mass is 335 g/mol. The Kier molecular flexibility index (Phi) is 4.47. The molecule has 3 aliphatic rings. The largest absolute Gasteiger partial charge is 0.478 e. The van der Waals surface area contributed by atoms with E-state index in [9.17, 15) is 13.2 Å². The summed E-state index contributed by atoms with van der Waals surface area (Å²) < 4.78 is 44.3. The topological polar surface area (TPSA) is 21.3 Å². The molecule has 2 nitrogen and oxygen atoms in total. The van der Waals surface area contributed by atoms with Crippen molar-refractivity contribution in [1.29, 1.82) is 0 Å². The fourth-order valence-corrected chi connectivity index (χ4v) is 3.99. The van der Waals surface area contributed by atoms with Crippen molar-refractivity contribution in [1.82, 2.24) is 5.32 Å². The van der Waals surface area contributed by atoms with Gasteiger partial charge in [-0.1, -0.05) is 5.57 Å². The normalized spacial score (nSPS) is 33.2. The van der Waals surface area contributed by atoms with E-state index in [0.29, 0.717) is 0 Å². The minimum Gasteiger partial charge on any atom is -0.478 e. The number of hydrogen-bond donors (Lipinski definition) is 1. The molecule has 1 N–H and O–H groups in total. The Bertz CT molecular complexity index is 512. The number of alkyl halides is 4. The van der Waals surface area contributed by atoms with Crippen LogP contribution < -0.4 is 5.32 Å². The smallest absolute Gasteiger partial charge is 0.393 e. The van der Waals surface area contributed by atoms with Gasteiger partial charge in [0.25, 0.3) is 0 Å². The van der Waals surface area contributed by atoms with Crippen LogP contribution in [-0.2, 0) is 4.74 Å². The van der Waals surface area contributed by atoms with E-state index >= 15 is 0 Å². The van der Waals surface area contributed by atoms with Gasteiger partial charge in [-0.2, -0.15) is 13.2 Å². The molecule has 1 saturated heterocycles. The molecule has 0 aromatic heterocycles. The molecule has 0 spiro atoms. The highest BCUT2D eigenvalue weighted by Crippen LogP contribution is 2.42. The Balaban J connectivity index is 1.69. The second kappa shape index (κ2) is 6.08. The van der Waals surface area contributed by atoms with Crippen LogP contribution in [0.5, 0.6) is 0 Å². The van der Waals surface area contributed by atoms with Crippen LogP contribution in [-0.4, -0.2) is 24.3 Å². The highest BCUT2D eigenvalue weighted by atomic mass is 35.5. The SMILES string of the molecule is CC1=C2CCCC2=C(OC2NCC(C(F)(F)F)CC2Cl)CC1. The first kappa shape index (κ1) is 16.2. The van der Waals surface area contributed by atoms with E-state index < -0.39 is 23.7 Å². The van der Waals surface area contributed by atoms with Crippen molar-refractivity contribution >= 4 is 11.6 Å². The number of piperidine rings is 1. The summed E-state index contributed by atoms with van der Waals surface area (Å²) in [7, 11) is 0. The molecule has 2 aliphatic carbocycles. The lowest BCUT2D eigenvalue weighted by Crippen LogP contribution is -2.51. The second-order valence-corrected chi connectivity index (χ2v) is 7.01. The quantitative estimate of drug-likeness (QED) is 0.741. The van der Waals surface area contributed by atoms with Crippen LogP contribution in [0.1, 0.15) is 45.4 Å². The van der Waals surface area contributed by atoms with Gasteiger partial charge in [0.2, 0.25) is 0 Å². The van der Waals surface area contributed by atoms with Crippen LogP contribution >= 0.6 is 11.6 Å². The number of allylic oxidation sites excluding steroid dienone is 4. The molecule has 6 heteroatoms. The first-order chi connectivity index (χ1) is 10.4. The van der Waals surface area contributed by atoms with E-state index in [0.717, 1.165) is 37.9 Å². The summed E-state index contributed by atoms with van der Waals surface area (Å²) in [5.41, 5.74) is 4.10. The molecule has 22 heavy (non-hydrogen) atoms. The standard InChI is InChI=1S/C16H21ClF3NO/c1-9-5-6-14(12-4-2-3-11(9)12)22-15-13(17)7-10(8-21-15)16(18,19)20/h10,13,15,21H,2-8H2,1H3. The summed E-state index contributed by atoms with van der Waals surface area (Å²) in [6, 6.07) is 0. The number of rotatable bonds is 2. The highest BCUT2D eigenvalue weighted by molar-refractivity contribution is 6.21. The van der Waals surface area contributed by atoms with Gasteiger partial charge in [0, 0.05) is 13.0 Å². The Morgan fingerprint density at radius 2 is 1.86 bits per heavy atom. The molecular formula is C16H21ClF3NO. The van der Waals surface area contributed by atoms with E-state index in [1.54, 1.807) is 0 Å². The molecular weight excluding hydrogens is 315 g/mol. The zero-order chi connectivity index (χ0) is 15.9. The summed E-state index contributed by atoms with van der Waals surface area (Å²) in [6.45, 7) is 2.04. The summed E-state index contributed by atoms with van der Waals surface area (Å²) in [6.07, 6.45) is 0.215. The lowest BCUT2D eigenvalue weighted by atomic mass is 9.92. The van der Waals surface area contributed by atoms with Gasteiger partial charge in [0.1, 0.15) is 5.76 Å². The van der Waals surface area contributed by atoms with Crippen molar-refractivity contribution in [3.63, 3.8) is 0 Å². The van der Waals surface area contributed by atoms with Crippen LogP contribution in [0.2, 0.25) is 0 Å². The average molecular weight is 336 g/mol. The Labute approximate surface area is 133 Å². The van der Waals surface area contributed by atoms with Crippen molar-refractivity contribution in [3.05, 3.63) is 22.5 Å². The maximum absolute atomic E-state index is 12.8. The Hall–Kier alpha value is -0.680. The van der Waals surface area contributed by atoms with Crippen molar-refractivity contribution in [2.75, 3.05) is 6.54 Å². The van der Waals surface area contributed by atoms with Gasteiger partial charge in [-0.25, -0.2) is 0 Å². The highest BCUT2D eigenvalue weighted by Gasteiger charge is 2.45. The Morgan fingerprint density at radius 3 is 2.55 bits per heavy atom. The van der Waals surface area contributed by atoms with E-state index in [1.807, 2.05) is 0 Å². The van der Waals surface area contributed by atoms with E-state index in [4.69, 9.17) is 16.3 Å². The Morgan fingerprint density at radius 1 is 1.14 bits per heavy atom. The van der Waals surface area contributed by atoms with Gasteiger partial charge >= 0.3 is 6.18 Å². The molecule has 0 aromatic rings. The second-order valence-electron chi connectivity index (χ2n) is 6.45. The molecule has 0 aromatic carbocycles. The minimum absolute atomic E-state index is 0.0902. The zero-order valence-corrected chi connectivity index (χ0v) is 13.4. The van der Waals surface area contributed by atoms with Gasteiger partial charge in [-0.15, -0.1) is 11.6 Å². The predicted octanol–water partition coefficient (Wildman–Crippen LogP) is 4.66. The third kappa shape index (κ3) is 3.16. The maximum Gasteiger partial charge on any atom is 0.393 e.